The number of fused-ring (bicyclic) bond motifs is 1. The second kappa shape index (κ2) is 5.01. The van der Waals surface area contributed by atoms with Crippen LogP contribution in [0.1, 0.15) is 11.4 Å². The minimum atomic E-state index is 0.708. The molecule has 1 N–H and O–H groups in total. The van der Waals surface area contributed by atoms with E-state index in [9.17, 15) is 0 Å². The van der Waals surface area contributed by atoms with Crippen molar-refractivity contribution in [2.75, 3.05) is 0 Å². The summed E-state index contributed by atoms with van der Waals surface area (Å²) in [6, 6.07) is 10.2. The Morgan fingerprint density at radius 2 is 1.91 bits per heavy atom. The van der Waals surface area contributed by atoms with Crippen LogP contribution in [0.25, 0.3) is 33.7 Å². The first kappa shape index (κ1) is 13.6. The molecule has 0 radical (unpaired) electrons. The van der Waals surface area contributed by atoms with Gasteiger partial charge in [-0.3, -0.25) is 9.78 Å². The molecule has 23 heavy (non-hydrogen) atoms. The van der Waals surface area contributed by atoms with Crippen molar-refractivity contribution >= 4 is 10.9 Å². The van der Waals surface area contributed by atoms with Gasteiger partial charge in [-0.05, 0) is 49.7 Å². The first-order valence-corrected chi connectivity index (χ1v) is 7.41. The molecule has 114 valence electrons. The van der Waals surface area contributed by atoms with Gasteiger partial charge in [0.2, 0.25) is 0 Å². The van der Waals surface area contributed by atoms with Gasteiger partial charge in [0.15, 0.2) is 5.82 Å². The van der Waals surface area contributed by atoms with E-state index in [-0.39, 0.29) is 0 Å². The van der Waals surface area contributed by atoms with Gasteiger partial charge in [-0.15, -0.1) is 0 Å². The van der Waals surface area contributed by atoms with E-state index >= 15 is 0 Å². The van der Waals surface area contributed by atoms with Crippen molar-refractivity contribution in [3.05, 3.63) is 47.9 Å². The Labute approximate surface area is 133 Å². The maximum Gasteiger partial charge on any atom is 0.181 e. The lowest BCUT2D eigenvalue weighted by Gasteiger charge is -2.08. The Morgan fingerprint density at radius 3 is 2.61 bits per heavy atom. The fourth-order valence-electron chi connectivity index (χ4n) is 2.76. The molecule has 0 amide bonds. The number of aryl methyl sites for hydroxylation is 3. The lowest BCUT2D eigenvalue weighted by molar-refractivity contribution is 0.773. The molecule has 0 unspecified atom stereocenters. The molecule has 6 heteroatoms. The second-order valence-electron chi connectivity index (χ2n) is 5.64. The van der Waals surface area contributed by atoms with Crippen LogP contribution in [-0.2, 0) is 7.05 Å². The molecule has 0 atom stereocenters. The van der Waals surface area contributed by atoms with E-state index in [0.29, 0.717) is 5.82 Å². The lowest BCUT2D eigenvalue weighted by Crippen LogP contribution is -1.96. The molecule has 0 fully saturated rings. The summed E-state index contributed by atoms with van der Waals surface area (Å²) < 4.78 is 1.83. The van der Waals surface area contributed by atoms with Gasteiger partial charge in [-0.1, -0.05) is 0 Å². The third kappa shape index (κ3) is 2.28. The number of nitrogens with zero attached hydrogens (tertiary/aromatic N) is 5. The molecular weight excluding hydrogens is 288 g/mol. The number of pyridine rings is 1. The SMILES string of the molecule is Cc1nc(-c2ccc3nc(-c4ccnn4C)cc(C)c3c2)n[nH]1. The average molecular weight is 304 g/mol. The molecule has 0 aliphatic heterocycles. The monoisotopic (exact) mass is 304 g/mol. The summed E-state index contributed by atoms with van der Waals surface area (Å²) in [6.07, 6.45) is 1.78. The maximum atomic E-state index is 4.77. The minimum Gasteiger partial charge on any atom is -0.266 e. The molecule has 6 nitrogen and oxygen atoms in total. The highest BCUT2D eigenvalue weighted by molar-refractivity contribution is 5.88. The summed E-state index contributed by atoms with van der Waals surface area (Å²) in [4.78, 5) is 9.16. The molecular formula is C17H16N6. The van der Waals surface area contributed by atoms with Gasteiger partial charge >= 0.3 is 0 Å². The van der Waals surface area contributed by atoms with E-state index in [4.69, 9.17) is 4.98 Å². The quantitative estimate of drug-likeness (QED) is 0.618. The average Bonchev–Trinajstić information content (AvgIpc) is 3.15. The van der Waals surface area contributed by atoms with Crippen LogP contribution in [-0.4, -0.2) is 29.9 Å². The zero-order valence-corrected chi connectivity index (χ0v) is 13.2. The number of aromatic nitrogens is 6. The number of hydrogen-bond donors (Lipinski definition) is 1. The normalized spacial score (nSPS) is 11.3. The van der Waals surface area contributed by atoms with Gasteiger partial charge in [0.25, 0.3) is 0 Å². The Balaban J connectivity index is 1.87. The molecule has 0 aliphatic carbocycles. The zero-order valence-electron chi connectivity index (χ0n) is 13.2. The van der Waals surface area contributed by atoms with Crippen LogP contribution in [0.15, 0.2) is 36.5 Å². The minimum absolute atomic E-state index is 0.708. The maximum absolute atomic E-state index is 4.77. The number of aromatic amines is 1. The highest BCUT2D eigenvalue weighted by Gasteiger charge is 2.10. The topological polar surface area (TPSA) is 72.3 Å². The third-order valence-corrected chi connectivity index (χ3v) is 3.95. The summed E-state index contributed by atoms with van der Waals surface area (Å²) in [5.41, 5.74) is 5.04. The molecule has 3 aromatic heterocycles. The number of nitrogens with one attached hydrogen (secondary N) is 1. The standard InChI is InChI=1S/C17H16N6/c1-10-8-15(16-6-7-18-23(16)3)20-14-5-4-12(9-13(10)14)17-19-11(2)21-22-17/h4-9H,1-3H3,(H,19,21,22). The summed E-state index contributed by atoms with van der Waals surface area (Å²) in [5, 5.41) is 12.4. The molecule has 0 spiro atoms. The molecule has 0 bridgehead atoms. The predicted molar refractivity (Wildman–Crippen MR) is 88.8 cm³/mol. The molecule has 4 rings (SSSR count). The zero-order chi connectivity index (χ0) is 16.0. The number of benzene rings is 1. The summed E-state index contributed by atoms with van der Waals surface area (Å²) in [5.74, 6) is 1.51. The van der Waals surface area contributed by atoms with Crippen LogP contribution < -0.4 is 0 Å². The molecule has 0 saturated heterocycles. The lowest BCUT2D eigenvalue weighted by atomic mass is 10.0. The fourth-order valence-corrected chi connectivity index (χ4v) is 2.76. The third-order valence-electron chi connectivity index (χ3n) is 3.95. The Kier molecular flexibility index (Phi) is 2.97. The van der Waals surface area contributed by atoms with E-state index in [2.05, 4.69) is 39.3 Å². The van der Waals surface area contributed by atoms with Gasteiger partial charge in [0, 0.05) is 24.2 Å². The van der Waals surface area contributed by atoms with Crippen molar-refractivity contribution in [1.82, 2.24) is 29.9 Å². The van der Waals surface area contributed by atoms with Gasteiger partial charge < -0.3 is 0 Å². The van der Waals surface area contributed by atoms with Crippen molar-refractivity contribution in [3.63, 3.8) is 0 Å². The van der Waals surface area contributed by atoms with Crippen molar-refractivity contribution < 1.29 is 0 Å². The smallest absolute Gasteiger partial charge is 0.181 e. The van der Waals surface area contributed by atoms with Gasteiger partial charge in [0.05, 0.1) is 16.9 Å². The van der Waals surface area contributed by atoms with Crippen LogP contribution in [0.5, 0.6) is 0 Å². The second-order valence-corrected chi connectivity index (χ2v) is 5.64. The van der Waals surface area contributed by atoms with Crippen LogP contribution in [0.3, 0.4) is 0 Å². The van der Waals surface area contributed by atoms with Crippen LogP contribution in [0.2, 0.25) is 0 Å². The van der Waals surface area contributed by atoms with Gasteiger partial charge in [-0.2, -0.15) is 10.2 Å². The van der Waals surface area contributed by atoms with Crippen molar-refractivity contribution in [1.29, 1.82) is 0 Å². The van der Waals surface area contributed by atoms with Crippen molar-refractivity contribution in [3.8, 4) is 22.8 Å². The Morgan fingerprint density at radius 1 is 1.04 bits per heavy atom. The number of H-pyrrole nitrogens is 1. The van der Waals surface area contributed by atoms with E-state index < -0.39 is 0 Å². The van der Waals surface area contributed by atoms with Crippen LogP contribution >= 0.6 is 0 Å². The molecule has 3 heterocycles. The summed E-state index contributed by atoms with van der Waals surface area (Å²) in [7, 11) is 1.92. The van der Waals surface area contributed by atoms with Crippen LogP contribution in [0, 0.1) is 13.8 Å². The summed E-state index contributed by atoms with van der Waals surface area (Å²) >= 11 is 0. The molecule has 4 aromatic rings. The molecule has 0 saturated carbocycles. The van der Waals surface area contributed by atoms with Gasteiger partial charge in [0.1, 0.15) is 5.82 Å². The molecule has 0 aliphatic rings. The largest absolute Gasteiger partial charge is 0.266 e. The van der Waals surface area contributed by atoms with E-state index in [0.717, 1.165) is 33.7 Å². The Hall–Kier alpha value is -3.02. The summed E-state index contributed by atoms with van der Waals surface area (Å²) in [6.45, 7) is 3.99. The Bertz CT molecular complexity index is 1010. The number of rotatable bonds is 2. The first-order chi connectivity index (χ1) is 11.1. The molecule has 1 aromatic carbocycles. The van der Waals surface area contributed by atoms with Crippen LogP contribution in [0.4, 0.5) is 0 Å². The number of hydrogen-bond acceptors (Lipinski definition) is 4. The van der Waals surface area contributed by atoms with Crippen molar-refractivity contribution in [2.45, 2.75) is 13.8 Å². The predicted octanol–water partition coefficient (Wildman–Crippen LogP) is 3.04. The van der Waals surface area contributed by atoms with Gasteiger partial charge in [-0.25, -0.2) is 9.97 Å². The van der Waals surface area contributed by atoms with Crippen molar-refractivity contribution in [2.24, 2.45) is 7.05 Å². The fraction of sp³-hybridized carbons (Fsp3) is 0.176. The van der Waals surface area contributed by atoms with E-state index in [1.807, 2.05) is 36.9 Å². The van der Waals surface area contributed by atoms with E-state index in [1.165, 1.54) is 5.56 Å². The van der Waals surface area contributed by atoms with E-state index in [1.54, 1.807) is 6.20 Å². The highest BCUT2D eigenvalue weighted by atomic mass is 15.3. The first-order valence-electron chi connectivity index (χ1n) is 7.41. The highest BCUT2D eigenvalue weighted by Crippen LogP contribution is 2.27.